The first-order valence-electron chi connectivity index (χ1n) is 5.60. The number of carbonyl (C=O) groups excluding carboxylic acids is 1. The number of anilines is 1. The molecular formula is C14H13IN2O. The Bertz CT molecular complexity index is 552. The predicted molar refractivity (Wildman–Crippen MR) is 80.5 cm³/mol. The number of aromatic nitrogens is 1. The van der Waals surface area contributed by atoms with Gasteiger partial charge < -0.3 is 5.32 Å². The number of benzene rings is 1. The number of rotatable bonds is 3. The van der Waals surface area contributed by atoms with Crippen LogP contribution in [0, 0.1) is 10.5 Å². The van der Waals surface area contributed by atoms with E-state index >= 15 is 0 Å². The molecule has 0 atom stereocenters. The summed E-state index contributed by atoms with van der Waals surface area (Å²) in [5.41, 5.74) is 2.17. The molecule has 2 aromatic rings. The summed E-state index contributed by atoms with van der Waals surface area (Å²) in [5, 5.41) is 2.78. The Morgan fingerprint density at radius 3 is 2.83 bits per heavy atom. The standard InChI is InChI=1S/C14H13IN2O/c1-10-3-2-4-11(7-10)8-14(18)17-13-6-5-12(15)9-16-13/h2-7,9H,8H2,1H3,(H,16,17,18). The molecule has 0 radical (unpaired) electrons. The largest absolute Gasteiger partial charge is 0.310 e. The van der Waals surface area contributed by atoms with Gasteiger partial charge in [0.2, 0.25) is 5.91 Å². The van der Waals surface area contributed by atoms with E-state index in [0.717, 1.165) is 14.7 Å². The van der Waals surface area contributed by atoms with E-state index in [1.54, 1.807) is 12.3 Å². The number of carbonyl (C=O) groups is 1. The van der Waals surface area contributed by atoms with Gasteiger partial charge in [0.15, 0.2) is 0 Å². The molecule has 3 nitrogen and oxygen atoms in total. The Balaban J connectivity index is 1.98. The molecule has 1 amide bonds. The third kappa shape index (κ3) is 3.80. The fourth-order valence-corrected chi connectivity index (χ4v) is 1.96. The molecule has 0 aliphatic heterocycles. The first kappa shape index (κ1) is 13.0. The molecule has 2 rings (SSSR count). The van der Waals surface area contributed by atoms with Gasteiger partial charge in [0.1, 0.15) is 5.82 Å². The number of amides is 1. The molecule has 0 fully saturated rings. The Hall–Kier alpha value is -1.43. The quantitative estimate of drug-likeness (QED) is 0.863. The zero-order valence-electron chi connectivity index (χ0n) is 9.98. The number of nitrogens with zero attached hydrogens (tertiary/aromatic N) is 1. The molecule has 0 aliphatic rings. The molecule has 4 heteroatoms. The maximum absolute atomic E-state index is 11.8. The number of halogens is 1. The zero-order valence-corrected chi connectivity index (χ0v) is 12.1. The molecule has 1 heterocycles. The highest BCUT2D eigenvalue weighted by Gasteiger charge is 2.04. The second-order valence-corrected chi connectivity index (χ2v) is 5.32. The summed E-state index contributed by atoms with van der Waals surface area (Å²) in [6.07, 6.45) is 2.10. The second kappa shape index (κ2) is 5.95. The van der Waals surface area contributed by atoms with Crippen molar-refractivity contribution in [2.24, 2.45) is 0 Å². The van der Waals surface area contributed by atoms with Gasteiger partial charge in [0.25, 0.3) is 0 Å². The van der Waals surface area contributed by atoms with E-state index in [1.165, 1.54) is 0 Å². The van der Waals surface area contributed by atoms with Crippen molar-refractivity contribution < 1.29 is 4.79 Å². The van der Waals surface area contributed by atoms with Crippen LogP contribution in [-0.4, -0.2) is 10.9 Å². The van der Waals surface area contributed by atoms with E-state index in [-0.39, 0.29) is 5.91 Å². The molecule has 0 bridgehead atoms. The minimum absolute atomic E-state index is 0.0469. The van der Waals surface area contributed by atoms with Crippen LogP contribution in [0.5, 0.6) is 0 Å². The lowest BCUT2D eigenvalue weighted by atomic mass is 10.1. The normalized spacial score (nSPS) is 10.1. The van der Waals surface area contributed by atoms with Crippen LogP contribution in [0.3, 0.4) is 0 Å². The van der Waals surface area contributed by atoms with Crippen LogP contribution in [0.15, 0.2) is 42.6 Å². The van der Waals surface area contributed by atoms with Gasteiger partial charge in [-0.1, -0.05) is 29.8 Å². The summed E-state index contributed by atoms with van der Waals surface area (Å²) >= 11 is 2.18. The molecule has 0 unspecified atom stereocenters. The van der Waals surface area contributed by atoms with Crippen molar-refractivity contribution in [3.8, 4) is 0 Å². The average Bonchev–Trinajstić information content (AvgIpc) is 2.32. The molecule has 92 valence electrons. The number of hydrogen-bond donors (Lipinski definition) is 1. The SMILES string of the molecule is Cc1cccc(CC(=O)Nc2ccc(I)cn2)c1. The van der Waals surface area contributed by atoms with Crippen molar-refractivity contribution >= 4 is 34.3 Å². The zero-order chi connectivity index (χ0) is 13.0. The highest BCUT2D eigenvalue weighted by molar-refractivity contribution is 14.1. The fourth-order valence-electron chi connectivity index (χ4n) is 1.64. The Labute approximate surface area is 120 Å². The highest BCUT2D eigenvalue weighted by Crippen LogP contribution is 2.09. The van der Waals surface area contributed by atoms with E-state index in [1.807, 2.05) is 37.3 Å². The fraction of sp³-hybridized carbons (Fsp3) is 0.143. The molecule has 1 N–H and O–H groups in total. The van der Waals surface area contributed by atoms with Gasteiger partial charge >= 0.3 is 0 Å². The van der Waals surface area contributed by atoms with Crippen molar-refractivity contribution in [1.82, 2.24) is 4.98 Å². The maximum atomic E-state index is 11.8. The summed E-state index contributed by atoms with van der Waals surface area (Å²) in [7, 11) is 0. The van der Waals surface area contributed by atoms with Crippen molar-refractivity contribution in [2.45, 2.75) is 13.3 Å². The van der Waals surface area contributed by atoms with Gasteiger partial charge in [-0.2, -0.15) is 0 Å². The van der Waals surface area contributed by atoms with Crippen LogP contribution in [0.25, 0.3) is 0 Å². The highest BCUT2D eigenvalue weighted by atomic mass is 127. The second-order valence-electron chi connectivity index (χ2n) is 4.08. The predicted octanol–water partition coefficient (Wildman–Crippen LogP) is 3.18. The van der Waals surface area contributed by atoms with Crippen molar-refractivity contribution in [3.63, 3.8) is 0 Å². The minimum Gasteiger partial charge on any atom is -0.310 e. The van der Waals surface area contributed by atoms with Crippen molar-refractivity contribution in [1.29, 1.82) is 0 Å². The van der Waals surface area contributed by atoms with E-state index in [2.05, 4.69) is 32.9 Å². The lowest BCUT2D eigenvalue weighted by molar-refractivity contribution is -0.115. The van der Waals surface area contributed by atoms with Crippen LogP contribution >= 0.6 is 22.6 Å². The monoisotopic (exact) mass is 352 g/mol. The van der Waals surface area contributed by atoms with Gasteiger partial charge in [-0.15, -0.1) is 0 Å². The summed E-state index contributed by atoms with van der Waals surface area (Å²) < 4.78 is 1.05. The number of hydrogen-bond acceptors (Lipinski definition) is 2. The Morgan fingerprint density at radius 1 is 1.33 bits per heavy atom. The topological polar surface area (TPSA) is 42.0 Å². The Kier molecular flexibility index (Phi) is 4.30. The lowest BCUT2D eigenvalue weighted by Gasteiger charge is -2.05. The molecule has 0 saturated carbocycles. The molecule has 0 spiro atoms. The van der Waals surface area contributed by atoms with Crippen molar-refractivity contribution in [3.05, 3.63) is 57.3 Å². The van der Waals surface area contributed by atoms with Gasteiger partial charge in [-0.3, -0.25) is 4.79 Å². The molecule has 0 saturated heterocycles. The smallest absolute Gasteiger partial charge is 0.229 e. The van der Waals surface area contributed by atoms with Crippen LogP contribution in [0.2, 0.25) is 0 Å². The summed E-state index contributed by atoms with van der Waals surface area (Å²) in [6.45, 7) is 2.02. The van der Waals surface area contributed by atoms with Gasteiger partial charge in [0, 0.05) is 9.77 Å². The summed E-state index contributed by atoms with van der Waals surface area (Å²) in [5.74, 6) is 0.544. The number of pyridine rings is 1. The third-order valence-electron chi connectivity index (χ3n) is 2.44. The summed E-state index contributed by atoms with van der Waals surface area (Å²) in [4.78, 5) is 16.0. The maximum Gasteiger partial charge on any atom is 0.229 e. The third-order valence-corrected chi connectivity index (χ3v) is 3.08. The van der Waals surface area contributed by atoms with E-state index in [0.29, 0.717) is 12.2 Å². The summed E-state index contributed by atoms with van der Waals surface area (Å²) in [6, 6.07) is 11.7. The van der Waals surface area contributed by atoms with Crippen LogP contribution in [-0.2, 0) is 11.2 Å². The first-order chi connectivity index (χ1) is 8.63. The minimum atomic E-state index is -0.0469. The molecule has 1 aromatic carbocycles. The van der Waals surface area contributed by atoms with Crippen molar-refractivity contribution in [2.75, 3.05) is 5.32 Å². The molecule has 18 heavy (non-hydrogen) atoms. The van der Waals surface area contributed by atoms with E-state index in [9.17, 15) is 4.79 Å². The van der Waals surface area contributed by atoms with Gasteiger partial charge in [0.05, 0.1) is 6.42 Å². The van der Waals surface area contributed by atoms with Gasteiger partial charge in [-0.25, -0.2) is 4.98 Å². The molecule has 1 aromatic heterocycles. The van der Waals surface area contributed by atoms with E-state index in [4.69, 9.17) is 0 Å². The number of nitrogens with one attached hydrogen (secondary N) is 1. The van der Waals surface area contributed by atoms with Crippen LogP contribution < -0.4 is 5.32 Å². The average molecular weight is 352 g/mol. The lowest BCUT2D eigenvalue weighted by Crippen LogP contribution is -2.15. The van der Waals surface area contributed by atoms with Crippen LogP contribution in [0.4, 0.5) is 5.82 Å². The molecule has 0 aliphatic carbocycles. The van der Waals surface area contributed by atoms with E-state index < -0.39 is 0 Å². The Morgan fingerprint density at radius 2 is 2.17 bits per heavy atom. The first-order valence-corrected chi connectivity index (χ1v) is 6.68. The molecular weight excluding hydrogens is 339 g/mol. The number of aryl methyl sites for hydroxylation is 1. The van der Waals surface area contributed by atoms with Crippen LogP contribution in [0.1, 0.15) is 11.1 Å². The van der Waals surface area contributed by atoms with Gasteiger partial charge in [-0.05, 0) is 47.2 Å².